The molecule has 0 radical (unpaired) electrons. The maximum Gasteiger partial charge on any atom is 0.242 e. The number of nitrogens with zero attached hydrogens (tertiary/aromatic N) is 1. The molecule has 1 heterocycles. The highest BCUT2D eigenvalue weighted by molar-refractivity contribution is 8.93. The Bertz CT molecular complexity index is 255. The van der Waals surface area contributed by atoms with Gasteiger partial charge in [0.1, 0.15) is 0 Å². The fraction of sp³-hybridized carbons (Fsp3) is 0.429. The predicted octanol–water partition coefficient (Wildman–Crippen LogP) is 1.85. The number of nitrogens with one attached hydrogen (secondary N) is 2. The number of anilines is 1. The van der Waals surface area contributed by atoms with Crippen LogP contribution in [0, 0.1) is 0 Å². The van der Waals surface area contributed by atoms with Gasteiger partial charge < -0.3 is 10.6 Å². The van der Waals surface area contributed by atoms with Gasteiger partial charge in [-0.2, -0.15) is 0 Å². The lowest BCUT2D eigenvalue weighted by Crippen LogP contribution is -2.35. The molecule has 1 atom stereocenters. The second kappa shape index (κ2) is 8.34. The molecule has 0 spiro atoms. The topological polar surface area (TPSA) is 54.0 Å². The van der Waals surface area contributed by atoms with Gasteiger partial charge in [0.15, 0.2) is 5.13 Å². The first-order valence-electron chi connectivity index (χ1n) is 3.61. The van der Waals surface area contributed by atoms with E-state index in [0.717, 1.165) is 0 Å². The van der Waals surface area contributed by atoms with Crippen molar-refractivity contribution in [2.24, 2.45) is 0 Å². The zero-order valence-corrected chi connectivity index (χ0v) is 12.1. The summed E-state index contributed by atoms with van der Waals surface area (Å²) >= 11 is 1.41. The zero-order chi connectivity index (χ0) is 8.97. The number of hydrogen-bond acceptors (Lipinski definition) is 4. The summed E-state index contributed by atoms with van der Waals surface area (Å²) in [6.45, 7) is 1.79. The molecule has 1 aromatic rings. The van der Waals surface area contributed by atoms with E-state index in [9.17, 15) is 4.79 Å². The van der Waals surface area contributed by atoms with Crippen molar-refractivity contribution in [3.8, 4) is 0 Å². The maximum absolute atomic E-state index is 11.2. The maximum atomic E-state index is 11.2. The Morgan fingerprint density at radius 2 is 2.21 bits per heavy atom. The monoisotopic (exact) mass is 345 g/mol. The number of aromatic nitrogens is 1. The Morgan fingerprint density at radius 3 is 2.64 bits per heavy atom. The van der Waals surface area contributed by atoms with Crippen molar-refractivity contribution >= 4 is 56.3 Å². The van der Waals surface area contributed by atoms with E-state index in [1.54, 1.807) is 20.2 Å². The summed E-state index contributed by atoms with van der Waals surface area (Å²) in [6.07, 6.45) is 1.66. The van der Waals surface area contributed by atoms with Gasteiger partial charge in [-0.25, -0.2) is 4.98 Å². The van der Waals surface area contributed by atoms with Crippen molar-refractivity contribution in [1.29, 1.82) is 0 Å². The Hall–Kier alpha value is 0.0200. The van der Waals surface area contributed by atoms with E-state index in [-0.39, 0.29) is 45.9 Å². The number of carbonyl (C=O) groups excluding carboxylic acids is 1. The lowest BCUT2D eigenvalue weighted by molar-refractivity contribution is -0.117. The second-order valence-electron chi connectivity index (χ2n) is 2.34. The molecule has 0 aliphatic rings. The van der Waals surface area contributed by atoms with Gasteiger partial charge in [-0.1, -0.05) is 0 Å². The Labute approximate surface area is 108 Å². The zero-order valence-electron chi connectivity index (χ0n) is 7.81. The van der Waals surface area contributed by atoms with E-state index >= 15 is 0 Å². The van der Waals surface area contributed by atoms with Crippen LogP contribution >= 0.6 is 45.3 Å². The minimum absolute atomic E-state index is 0. The Morgan fingerprint density at radius 1 is 1.57 bits per heavy atom. The number of hydrogen-bond donors (Lipinski definition) is 2. The third-order valence-corrected chi connectivity index (χ3v) is 2.18. The predicted molar refractivity (Wildman–Crippen MR) is 69.9 cm³/mol. The van der Waals surface area contributed by atoms with E-state index in [1.807, 2.05) is 5.38 Å². The number of rotatable bonds is 3. The fourth-order valence-electron chi connectivity index (χ4n) is 0.630. The van der Waals surface area contributed by atoms with Crippen molar-refractivity contribution in [2.75, 3.05) is 12.4 Å². The lowest BCUT2D eigenvalue weighted by atomic mass is 10.3. The van der Waals surface area contributed by atoms with Gasteiger partial charge in [-0.05, 0) is 14.0 Å². The van der Waals surface area contributed by atoms with E-state index in [1.165, 1.54) is 11.3 Å². The highest BCUT2D eigenvalue weighted by atomic mass is 79.9. The average Bonchev–Trinajstić information content (AvgIpc) is 2.55. The summed E-state index contributed by atoms with van der Waals surface area (Å²) < 4.78 is 0. The fourth-order valence-corrected chi connectivity index (χ4v) is 1.16. The van der Waals surface area contributed by atoms with Gasteiger partial charge in [-0.3, -0.25) is 4.79 Å². The van der Waals surface area contributed by atoms with Crippen molar-refractivity contribution in [3.05, 3.63) is 11.6 Å². The standard InChI is InChI=1S/C7H11N3OS.2BrH/c1-5(8-2)6(11)10-7-9-3-4-12-7;;/h3-5,8H,1-2H3,(H,9,10,11);2*1H. The van der Waals surface area contributed by atoms with Crippen LogP contribution in [0.4, 0.5) is 5.13 Å². The third-order valence-electron chi connectivity index (χ3n) is 1.49. The number of thiazole rings is 1. The number of likely N-dealkylation sites (N-methyl/N-ethyl adjacent to an activating group) is 1. The summed E-state index contributed by atoms with van der Waals surface area (Å²) in [6, 6.07) is -0.186. The smallest absolute Gasteiger partial charge is 0.242 e. The molecule has 7 heteroatoms. The van der Waals surface area contributed by atoms with Crippen LogP contribution in [0.2, 0.25) is 0 Å². The van der Waals surface area contributed by atoms with Crippen LogP contribution in [0.25, 0.3) is 0 Å². The molecule has 14 heavy (non-hydrogen) atoms. The molecule has 1 amide bonds. The summed E-state index contributed by atoms with van der Waals surface area (Å²) in [5, 5.41) is 7.98. The van der Waals surface area contributed by atoms with Gasteiger partial charge >= 0.3 is 0 Å². The van der Waals surface area contributed by atoms with Crippen molar-refractivity contribution < 1.29 is 4.79 Å². The molecular formula is C7H13Br2N3OS. The molecule has 0 saturated carbocycles. The van der Waals surface area contributed by atoms with Gasteiger partial charge in [-0.15, -0.1) is 45.3 Å². The van der Waals surface area contributed by atoms with Gasteiger partial charge in [0, 0.05) is 11.6 Å². The SMILES string of the molecule is Br.Br.CNC(C)C(=O)Nc1nccs1. The first-order chi connectivity index (χ1) is 5.74. The summed E-state index contributed by atoms with van der Waals surface area (Å²) in [4.78, 5) is 15.2. The minimum Gasteiger partial charge on any atom is -0.309 e. The van der Waals surface area contributed by atoms with Crippen LogP contribution in [0.5, 0.6) is 0 Å². The molecule has 0 aliphatic heterocycles. The second-order valence-corrected chi connectivity index (χ2v) is 3.23. The molecule has 0 bridgehead atoms. The first kappa shape index (κ1) is 16.4. The molecule has 0 fully saturated rings. The number of halogens is 2. The summed E-state index contributed by atoms with van der Waals surface area (Å²) in [7, 11) is 1.74. The van der Waals surface area contributed by atoms with Crippen molar-refractivity contribution in [2.45, 2.75) is 13.0 Å². The van der Waals surface area contributed by atoms with Crippen molar-refractivity contribution in [3.63, 3.8) is 0 Å². The Kier molecular flexibility index (Phi) is 9.80. The van der Waals surface area contributed by atoms with Gasteiger partial charge in [0.05, 0.1) is 6.04 Å². The highest BCUT2D eigenvalue weighted by Gasteiger charge is 2.10. The van der Waals surface area contributed by atoms with Gasteiger partial charge in [0.2, 0.25) is 5.91 Å². The molecule has 82 valence electrons. The Balaban J connectivity index is 0. The summed E-state index contributed by atoms with van der Waals surface area (Å²) in [5.74, 6) is -0.0625. The number of carbonyl (C=O) groups is 1. The molecular weight excluding hydrogens is 334 g/mol. The van der Waals surface area contributed by atoms with Gasteiger partial charge in [0.25, 0.3) is 0 Å². The minimum atomic E-state index is -0.186. The number of amides is 1. The van der Waals surface area contributed by atoms with Crippen molar-refractivity contribution in [1.82, 2.24) is 10.3 Å². The quantitative estimate of drug-likeness (QED) is 0.878. The van der Waals surface area contributed by atoms with Crippen LogP contribution < -0.4 is 10.6 Å². The van der Waals surface area contributed by atoms with Crippen LogP contribution in [-0.4, -0.2) is 24.0 Å². The molecule has 1 rings (SSSR count). The van der Waals surface area contributed by atoms with E-state index in [4.69, 9.17) is 0 Å². The highest BCUT2D eigenvalue weighted by Crippen LogP contribution is 2.10. The molecule has 4 nitrogen and oxygen atoms in total. The largest absolute Gasteiger partial charge is 0.309 e. The van der Waals surface area contributed by atoms with Crippen LogP contribution in [0.3, 0.4) is 0 Å². The molecule has 2 N–H and O–H groups in total. The molecule has 1 unspecified atom stereocenters. The molecule has 1 aromatic heterocycles. The first-order valence-corrected chi connectivity index (χ1v) is 4.49. The normalized spacial score (nSPS) is 10.7. The molecule has 0 aliphatic carbocycles. The lowest BCUT2D eigenvalue weighted by Gasteiger charge is -2.07. The molecule has 0 saturated heterocycles. The van der Waals surface area contributed by atoms with E-state index in [0.29, 0.717) is 5.13 Å². The van der Waals surface area contributed by atoms with Crippen LogP contribution in [0.1, 0.15) is 6.92 Å². The van der Waals surface area contributed by atoms with E-state index in [2.05, 4.69) is 15.6 Å². The van der Waals surface area contributed by atoms with E-state index < -0.39 is 0 Å². The summed E-state index contributed by atoms with van der Waals surface area (Å²) in [5.41, 5.74) is 0. The third kappa shape index (κ3) is 5.04. The average molecular weight is 347 g/mol. The van der Waals surface area contributed by atoms with Crippen LogP contribution in [-0.2, 0) is 4.79 Å². The molecule has 0 aromatic carbocycles. The van der Waals surface area contributed by atoms with Crippen LogP contribution in [0.15, 0.2) is 11.6 Å².